The molecule has 0 spiro atoms. The molecule has 1 N–H and O–H groups in total. The van der Waals surface area contributed by atoms with Crippen LogP contribution in [0.15, 0.2) is 0 Å². The number of piperidine rings is 1. The van der Waals surface area contributed by atoms with Crippen LogP contribution < -0.4 is 5.32 Å². The second-order valence-corrected chi connectivity index (χ2v) is 5.69. The third-order valence-corrected chi connectivity index (χ3v) is 4.27. The summed E-state index contributed by atoms with van der Waals surface area (Å²) in [6.07, 6.45) is 5.56. The van der Waals surface area contributed by atoms with Crippen LogP contribution in [0, 0.1) is 5.92 Å². The van der Waals surface area contributed by atoms with Gasteiger partial charge in [-0.05, 0) is 65.3 Å². The van der Waals surface area contributed by atoms with Gasteiger partial charge < -0.3 is 15.1 Å². The molecule has 2 aliphatic heterocycles. The van der Waals surface area contributed by atoms with E-state index in [1.165, 1.54) is 58.4 Å². The first kappa shape index (κ1) is 12.3. The first-order chi connectivity index (χ1) is 7.75. The van der Waals surface area contributed by atoms with Crippen LogP contribution >= 0.6 is 0 Å². The standard InChI is InChI=1S/C13H27N3/c1-15-8-3-4-12(11-15)6-9-16(2)13-5-7-14-10-13/h12-14H,3-11H2,1-2H3. The van der Waals surface area contributed by atoms with Gasteiger partial charge in [0.2, 0.25) is 0 Å². The van der Waals surface area contributed by atoms with Gasteiger partial charge in [-0.25, -0.2) is 0 Å². The van der Waals surface area contributed by atoms with Crippen LogP contribution in [0.5, 0.6) is 0 Å². The minimum atomic E-state index is 0.793. The maximum Gasteiger partial charge on any atom is 0.0229 e. The smallest absolute Gasteiger partial charge is 0.0229 e. The summed E-state index contributed by atoms with van der Waals surface area (Å²) in [7, 11) is 4.56. The van der Waals surface area contributed by atoms with Crippen molar-refractivity contribution >= 4 is 0 Å². The zero-order valence-electron chi connectivity index (χ0n) is 10.9. The minimum Gasteiger partial charge on any atom is -0.315 e. The highest BCUT2D eigenvalue weighted by molar-refractivity contribution is 4.80. The molecule has 16 heavy (non-hydrogen) atoms. The van der Waals surface area contributed by atoms with Crippen molar-refractivity contribution in [2.24, 2.45) is 5.92 Å². The number of nitrogens with one attached hydrogen (secondary N) is 1. The molecular formula is C13H27N3. The quantitative estimate of drug-likeness (QED) is 0.770. The van der Waals surface area contributed by atoms with Gasteiger partial charge >= 0.3 is 0 Å². The number of hydrogen-bond donors (Lipinski definition) is 1. The summed E-state index contributed by atoms with van der Waals surface area (Å²) in [6.45, 7) is 6.31. The molecule has 2 heterocycles. The van der Waals surface area contributed by atoms with Crippen LogP contribution in [0.1, 0.15) is 25.7 Å². The van der Waals surface area contributed by atoms with Crippen LogP contribution in [0.4, 0.5) is 0 Å². The van der Waals surface area contributed by atoms with Gasteiger partial charge in [0.15, 0.2) is 0 Å². The summed E-state index contributed by atoms with van der Waals surface area (Å²) in [5.41, 5.74) is 0. The van der Waals surface area contributed by atoms with Gasteiger partial charge in [0, 0.05) is 19.1 Å². The fourth-order valence-electron chi connectivity index (χ4n) is 3.09. The van der Waals surface area contributed by atoms with Gasteiger partial charge in [0.1, 0.15) is 0 Å². The fraction of sp³-hybridized carbons (Fsp3) is 1.00. The van der Waals surface area contributed by atoms with Crippen LogP contribution in [-0.4, -0.2) is 62.7 Å². The molecule has 0 aliphatic carbocycles. The van der Waals surface area contributed by atoms with Gasteiger partial charge in [-0.3, -0.25) is 0 Å². The average Bonchev–Trinajstić information content (AvgIpc) is 2.79. The van der Waals surface area contributed by atoms with Crippen molar-refractivity contribution in [1.82, 2.24) is 15.1 Å². The van der Waals surface area contributed by atoms with E-state index in [1.807, 2.05) is 0 Å². The lowest BCUT2D eigenvalue weighted by atomic mass is 9.95. The van der Waals surface area contributed by atoms with Crippen molar-refractivity contribution in [1.29, 1.82) is 0 Å². The van der Waals surface area contributed by atoms with Crippen LogP contribution in [-0.2, 0) is 0 Å². The predicted molar refractivity (Wildman–Crippen MR) is 68.7 cm³/mol. The Bertz CT molecular complexity index is 199. The summed E-state index contributed by atoms with van der Waals surface area (Å²) >= 11 is 0. The molecule has 0 aromatic carbocycles. The first-order valence-electron chi connectivity index (χ1n) is 6.85. The van der Waals surface area contributed by atoms with E-state index >= 15 is 0 Å². The maximum atomic E-state index is 3.45. The normalized spacial score (nSPS) is 32.4. The minimum absolute atomic E-state index is 0.793. The molecule has 94 valence electrons. The Morgan fingerprint density at radius 2 is 2.25 bits per heavy atom. The Morgan fingerprint density at radius 1 is 1.38 bits per heavy atom. The second kappa shape index (κ2) is 5.99. The predicted octanol–water partition coefficient (Wildman–Crippen LogP) is 1.01. The highest BCUT2D eigenvalue weighted by Gasteiger charge is 2.21. The largest absolute Gasteiger partial charge is 0.315 e. The lowest BCUT2D eigenvalue weighted by Crippen LogP contribution is -2.37. The SMILES string of the molecule is CN1CCCC(CCN(C)C2CCNC2)C1. The molecule has 0 amide bonds. The topological polar surface area (TPSA) is 18.5 Å². The fourth-order valence-corrected chi connectivity index (χ4v) is 3.09. The van der Waals surface area contributed by atoms with Gasteiger partial charge in [-0.2, -0.15) is 0 Å². The lowest BCUT2D eigenvalue weighted by Gasteiger charge is -2.32. The van der Waals surface area contributed by atoms with Crippen molar-refractivity contribution in [2.75, 3.05) is 46.8 Å². The molecule has 0 saturated carbocycles. The van der Waals surface area contributed by atoms with Crippen molar-refractivity contribution in [2.45, 2.75) is 31.7 Å². The Balaban J connectivity index is 1.65. The molecule has 2 saturated heterocycles. The summed E-state index contributed by atoms with van der Waals surface area (Å²) < 4.78 is 0. The molecule has 0 aromatic heterocycles. The van der Waals surface area contributed by atoms with E-state index < -0.39 is 0 Å². The van der Waals surface area contributed by atoms with Gasteiger partial charge in [-0.15, -0.1) is 0 Å². The molecule has 2 atom stereocenters. The molecular weight excluding hydrogens is 198 g/mol. The molecule has 3 heteroatoms. The molecule has 3 nitrogen and oxygen atoms in total. The molecule has 2 unspecified atom stereocenters. The number of nitrogens with zero attached hydrogens (tertiary/aromatic N) is 2. The molecule has 0 aromatic rings. The average molecular weight is 225 g/mol. The molecule has 0 radical (unpaired) electrons. The maximum absolute atomic E-state index is 3.45. The number of likely N-dealkylation sites (tertiary alicyclic amines) is 1. The second-order valence-electron chi connectivity index (χ2n) is 5.69. The molecule has 0 bridgehead atoms. The Morgan fingerprint density at radius 3 is 2.94 bits per heavy atom. The number of rotatable bonds is 4. The van der Waals surface area contributed by atoms with E-state index in [4.69, 9.17) is 0 Å². The summed E-state index contributed by atoms with van der Waals surface area (Å²) in [4.78, 5) is 5.06. The van der Waals surface area contributed by atoms with E-state index in [9.17, 15) is 0 Å². The van der Waals surface area contributed by atoms with Crippen LogP contribution in [0.3, 0.4) is 0 Å². The summed E-state index contributed by atoms with van der Waals surface area (Å²) in [5, 5.41) is 3.45. The van der Waals surface area contributed by atoms with E-state index in [2.05, 4.69) is 29.2 Å². The Hall–Kier alpha value is -0.120. The van der Waals surface area contributed by atoms with Crippen molar-refractivity contribution < 1.29 is 0 Å². The third kappa shape index (κ3) is 3.44. The van der Waals surface area contributed by atoms with E-state index in [0.717, 1.165) is 12.0 Å². The van der Waals surface area contributed by atoms with Crippen molar-refractivity contribution in [3.63, 3.8) is 0 Å². The van der Waals surface area contributed by atoms with E-state index in [-0.39, 0.29) is 0 Å². The summed E-state index contributed by atoms with van der Waals surface area (Å²) in [6, 6.07) is 0.793. The first-order valence-corrected chi connectivity index (χ1v) is 6.85. The Labute approximate surface area is 100 Å². The highest BCUT2D eigenvalue weighted by atomic mass is 15.2. The van der Waals surface area contributed by atoms with E-state index in [1.54, 1.807) is 0 Å². The summed E-state index contributed by atoms with van der Waals surface area (Å²) in [5.74, 6) is 0.940. The lowest BCUT2D eigenvalue weighted by molar-refractivity contribution is 0.173. The van der Waals surface area contributed by atoms with Crippen LogP contribution in [0.2, 0.25) is 0 Å². The zero-order chi connectivity index (χ0) is 11.4. The Kier molecular flexibility index (Phi) is 4.62. The van der Waals surface area contributed by atoms with Crippen molar-refractivity contribution in [3.8, 4) is 0 Å². The highest BCUT2D eigenvalue weighted by Crippen LogP contribution is 2.19. The van der Waals surface area contributed by atoms with Gasteiger partial charge in [0.05, 0.1) is 0 Å². The third-order valence-electron chi connectivity index (χ3n) is 4.27. The number of hydrogen-bond acceptors (Lipinski definition) is 3. The zero-order valence-corrected chi connectivity index (χ0v) is 10.9. The number of likely N-dealkylation sites (N-methyl/N-ethyl adjacent to an activating group) is 1. The van der Waals surface area contributed by atoms with Gasteiger partial charge in [0.25, 0.3) is 0 Å². The monoisotopic (exact) mass is 225 g/mol. The van der Waals surface area contributed by atoms with Crippen LogP contribution in [0.25, 0.3) is 0 Å². The van der Waals surface area contributed by atoms with Crippen molar-refractivity contribution in [3.05, 3.63) is 0 Å². The molecule has 2 aliphatic rings. The molecule has 2 fully saturated rings. The molecule has 2 rings (SSSR count). The van der Waals surface area contributed by atoms with Gasteiger partial charge in [-0.1, -0.05) is 0 Å². The van der Waals surface area contributed by atoms with E-state index in [0.29, 0.717) is 0 Å².